The van der Waals surface area contributed by atoms with Crippen LogP contribution in [0.4, 0.5) is 4.79 Å². The zero-order valence-electron chi connectivity index (χ0n) is 21.8. The maximum absolute atomic E-state index is 10.7. The van der Waals surface area contributed by atoms with Crippen molar-refractivity contribution in [1.82, 2.24) is 5.32 Å². The molecule has 0 aliphatic carbocycles. The Morgan fingerprint density at radius 2 is 1.45 bits per heavy atom. The molecule has 5 heteroatoms. The predicted octanol–water partition coefficient (Wildman–Crippen LogP) is 7.59. The van der Waals surface area contributed by atoms with Crippen molar-refractivity contribution in [2.45, 2.75) is 26.9 Å². The first-order chi connectivity index (χ1) is 18.5. The molecule has 0 aliphatic rings. The number of carbonyl (C=O) groups is 1. The maximum atomic E-state index is 10.7. The summed E-state index contributed by atoms with van der Waals surface area (Å²) in [5.74, 6) is 1.53. The minimum atomic E-state index is -1.06. The first kappa shape index (κ1) is 26.6. The molecule has 1 amide bonds. The first-order valence-corrected chi connectivity index (χ1v) is 12.8. The number of allylic oxidation sites excluding steroid dienone is 1. The molecule has 0 saturated carbocycles. The number of hydrogen-bond acceptors (Lipinski definition) is 3. The average molecular weight is 508 g/mol. The third kappa shape index (κ3) is 7.04. The summed E-state index contributed by atoms with van der Waals surface area (Å²) in [4.78, 5) is 10.7. The fourth-order valence-corrected chi connectivity index (χ4v) is 4.45. The molecule has 0 spiro atoms. The first-order valence-electron chi connectivity index (χ1n) is 12.8. The van der Waals surface area contributed by atoms with E-state index >= 15 is 0 Å². The molecule has 0 atom stereocenters. The van der Waals surface area contributed by atoms with E-state index in [1.165, 1.54) is 16.7 Å². The van der Waals surface area contributed by atoms with Crippen LogP contribution in [0.5, 0.6) is 11.5 Å². The minimum absolute atomic E-state index is 0.230. The van der Waals surface area contributed by atoms with Gasteiger partial charge in [-0.3, -0.25) is 0 Å². The van der Waals surface area contributed by atoms with Gasteiger partial charge >= 0.3 is 6.09 Å². The van der Waals surface area contributed by atoms with Crippen molar-refractivity contribution in [2.75, 3.05) is 13.2 Å². The van der Waals surface area contributed by atoms with Gasteiger partial charge in [0.25, 0.3) is 0 Å². The maximum Gasteiger partial charge on any atom is 0.404 e. The fraction of sp³-hybridized carbons (Fsp3) is 0.182. The summed E-state index contributed by atoms with van der Waals surface area (Å²) in [6.07, 6.45) is -0.191. The van der Waals surface area contributed by atoms with E-state index in [2.05, 4.69) is 73.8 Å². The third-order valence-electron chi connectivity index (χ3n) is 6.28. The second-order valence-electron chi connectivity index (χ2n) is 8.93. The molecule has 4 rings (SSSR count). The van der Waals surface area contributed by atoms with Gasteiger partial charge in [0, 0.05) is 0 Å². The van der Waals surface area contributed by atoms with Crippen molar-refractivity contribution in [2.24, 2.45) is 0 Å². The molecule has 0 saturated heterocycles. The summed E-state index contributed by atoms with van der Waals surface area (Å²) in [7, 11) is 0. The molecule has 0 aliphatic heterocycles. The van der Waals surface area contributed by atoms with E-state index in [0.717, 1.165) is 34.4 Å². The molecule has 0 heterocycles. The molecule has 38 heavy (non-hydrogen) atoms. The van der Waals surface area contributed by atoms with Crippen LogP contribution in [-0.2, 0) is 6.61 Å². The van der Waals surface area contributed by atoms with E-state index in [9.17, 15) is 4.79 Å². The molecule has 4 aromatic rings. The van der Waals surface area contributed by atoms with E-state index in [0.29, 0.717) is 12.4 Å². The van der Waals surface area contributed by atoms with Crippen molar-refractivity contribution in [1.29, 1.82) is 0 Å². The summed E-state index contributed by atoms with van der Waals surface area (Å²) >= 11 is 0. The lowest BCUT2D eigenvalue weighted by Crippen LogP contribution is -2.26. The van der Waals surface area contributed by atoms with Gasteiger partial charge in [-0.2, -0.15) is 0 Å². The van der Waals surface area contributed by atoms with E-state index in [1.807, 2.05) is 48.5 Å². The number of ether oxygens (including phenoxy) is 2. The van der Waals surface area contributed by atoms with Crippen LogP contribution in [0.2, 0.25) is 0 Å². The molecule has 0 unspecified atom stereocenters. The quantitative estimate of drug-likeness (QED) is 0.162. The molecule has 0 radical (unpaired) electrons. The number of amides is 1. The lowest BCUT2D eigenvalue weighted by Gasteiger charge is -2.19. The zero-order valence-corrected chi connectivity index (χ0v) is 21.8. The zero-order chi connectivity index (χ0) is 26.7. The second-order valence-corrected chi connectivity index (χ2v) is 8.93. The highest BCUT2D eigenvalue weighted by atomic mass is 16.5. The summed E-state index contributed by atoms with van der Waals surface area (Å²) in [6, 6.07) is 34.9. The number of rotatable bonds is 11. The molecule has 2 N–H and O–H groups in total. The van der Waals surface area contributed by atoms with E-state index in [-0.39, 0.29) is 13.2 Å². The smallest absolute Gasteiger partial charge is 0.404 e. The van der Waals surface area contributed by atoms with E-state index in [1.54, 1.807) is 0 Å². The standard InChI is InChI=1S/C33H33NO4/c1-3-30(26-12-8-5-9-13-26)32(31-19-18-29(22-24(31)2)37-21-20-34-33(35)36)27-14-16-28(17-15-27)38-23-25-10-6-4-7-11-25/h4-19,22,34H,3,20-21,23H2,1-2H3,(H,35,36)/b32-30-. The van der Waals surface area contributed by atoms with Crippen molar-refractivity contribution in [3.05, 3.63) is 131 Å². The highest BCUT2D eigenvalue weighted by Crippen LogP contribution is 2.37. The minimum Gasteiger partial charge on any atom is -0.492 e. The van der Waals surface area contributed by atoms with Crippen LogP contribution in [-0.4, -0.2) is 24.4 Å². The van der Waals surface area contributed by atoms with Gasteiger partial charge in [-0.25, -0.2) is 4.79 Å². The summed E-state index contributed by atoms with van der Waals surface area (Å²) < 4.78 is 11.8. The molecule has 194 valence electrons. The third-order valence-corrected chi connectivity index (χ3v) is 6.28. The van der Waals surface area contributed by atoms with Crippen molar-refractivity contribution in [3.8, 4) is 11.5 Å². The van der Waals surface area contributed by atoms with Crippen LogP contribution in [0.15, 0.2) is 103 Å². The largest absolute Gasteiger partial charge is 0.492 e. The Balaban J connectivity index is 1.65. The van der Waals surface area contributed by atoms with Crippen LogP contribution < -0.4 is 14.8 Å². The number of nitrogens with one attached hydrogen (secondary N) is 1. The number of carboxylic acid groups (broad SMARTS) is 1. The van der Waals surface area contributed by atoms with Gasteiger partial charge in [0.2, 0.25) is 0 Å². The Morgan fingerprint density at radius 1 is 0.789 bits per heavy atom. The molecular formula is C33H33NO4. The fourth-order valence-electron chi connectivity index (χ4n) is 4.45. The van der Waals surface area contributed by atoms with Gasteiger partial charge in [-0.1, -0.05) is 85.8 Å². The highest BCUT2D eigenvalue weighted by Gasteiger charge is 2.16. The Morgan fingerprint density at radius 3 is 2.08 bits per heavy atom. The van der Waals surface area contributed by atoms with Gasteiger partial charge in [0.1, 0.15) is 24.7 Å². The van der Waals surface area contributed by atoms with Crippen LogP contribution >= 0.6 is 0 Å². The molecule has 4 aromatic carbocycles. The van der Waals surface area contributed by atoms with Crippen molar-refractivity contribution in [3.63, 3.8) is 0 Å². The van der Waals surface area contributed by atoms with E-state index in [4.69, 9.17) is 14.6 Å². The number of hydrogen-bond donors (Lipinski definition) is 2. The monoisotopic (exact) mass is 507 g/mol. The van der Waals surface area contributed by atoms with Gasteiger partial charge in [-0.05, 0) is 76.6 Å². The Kier molecular flexibility index (Phi) is 9.19. The van der Waals surface area contributed by atoms with Crippen LogP contribution in [0.1, 0.15) is 41.2 Å². The van der Waals surface area contributed by atoms with Crippen LogP contribution in [0.3, 0.4) is 0 Å². The van der Waals surface area contributed by atoms with Gasteiger partial charge in [-0.15, -0.1) is 0 Å². The number of benzene rings is 4. The Hall–Kier alpha value is -4.51. The molecular weight excluding hydrogens is 474 g/mol. The van der Waals surface area contributed by atoms with Gasteiger partial charge < -0.3 is 19.9 Å². The SMILES string of the molecule is CC/C(=C(\c1ccc(OCc2ccccc2)cc1)c1ccc(OCCNC(=O)O)cc1C)c1ccccc1. The topological polar surface area (TPSA) is 67.8 Å². The Labute approximate surface area is 224 Å². The van der Waals surface area contributed by atoms with Crippen LogP contribution in [0, 0.1) is 6.92 Å². The molecule has 5 nitrogen and oxygen atoms in total. The van der Waals surface area contributed by atoms with Gasteiger partial charge in [0.15, 0.2) is 0 Å². The van der Waals surface area contributed by atoms with Gasteiger partial charge in [0.05, 0.1) is 6.54 Å². The van der Waals surface area contributed by atoms with Crippen molar-refractivity contribution >= 4 is 17.2 Å². The van der Waals surface area contributed by atoms with Crippen molar-refractivity contribution < 1.29 is 19.4 Å². The van der Waals surface area contributed by atoms with Crippen LogP contribution in [0.25, 0.3) is 11.1 Å². The predicted molar refractivity (Wildman–Crippen MR) is 153 cm³/mol. The average Bonchev–Trinajstić information content (AvgIpc) is 2.95. The summed E-state index contributed by atoms with van der Waals surface area (Å²) in [5, 5.41) is 11.1. The molecule has 0 bridgehead atoms. The normalized spacial score (nSPS) is 11.4. The number of aryl methyl sites for hydroxylation is 1. The highest BCUT2D eigenvalue weighted by molar-refractivity contribution is 5.99. The lowest BCUT2D eigenvalue weighted by atomic mass is 9.86. The lowest BCUT2D eigenvalue weighted by molar-refractivity contribution is 0.191. The Bertz CT molecular complexity index is 1360. The summed E-state index contributed by atoms with van der Waals surface area (Å²) in [6.45, 7) is 5.28. The molecule has 0 aromatic heterocycles. The molecule has 0 fully saturated rings. The van der Waals surface area contributed by atoms with E-state index < -0.39 is 6.09 Å². The summed E-state index contributed by atoms with van der Waals surface area (Å²) in [5.41, 5.74) is 8.06. The second kappa shape index (κ2) is 13.2.